The highest BCUT2D eigenvalue weighted by Gasteiger charge is 2.22. The molecule has 1 aromatic rings. The van der Waals surface area contributed by atoms with Gasteiger partial charge in [0, 0.05) is 16.6 Å². The number of fused-ring (bicyclic) bond motifs is 1. The SMILES string of the molecule is O=C(O)C1=c2cccc(F)c2=C[N]C1=O. The van der Waals surface area contributed by atoms with Crippen LogP contribution in [0.25, 0.3) is 11.8 Å². The van der Waals surface area contributed by atoms with E-state index < -0.39 is 23.3 Å². The maximum Gasteiger partial charge on any atom is 0.342 e. The maximum absolute atomic E-state index is 13.2. The number of carboxylic acids is 1. The Morgan fingerprint density at radius 2 is 2.13 bits per heavy atom. The minimum absolute atomic E-state index is 0.0366. The Kier molecular flexibility index (Phi) is 2.00. The molecular weight excluding hydrogens is 201 g/mol. The van der Waals surface area contributed by atoms with Gasteiger partial charge in [-0.15, -0.1) is 0 Å². The van der Waals surface area contributed by atoms with Crippen LogP contribution in [0.1, 0.15) is 0 Å². The molecule has 0 aliphatic carbocycles. The minimum Gasteiger partial charge on any atom is -0.477 e. The van der Waals surface area contributed by atoms with Gasteiger partial charge in [-0.3, -0.25) is 4.79 Å². The lowest BCUT2D eigenvalue weighted by atomic mass is 10.1. The van der Waals surface area contributed by atoms with E-state index in [0.717, 1.165) is 6.20 Å². The molecule has 15 heavy (non-hydrogen) atoms. The fraction of sp³-hybridized carbons (Fsp3) is 0. The molecule has 75 valence electrons. The topological polar surface area (TPSA) is 68.5 Å². The van der Waals surface area contributed by atoms with Gasteiger partial charge in [0.15, 0.2) is 0 Å². The van der Waals surface area contributed by atoms with E-state index in [1.54, 1.807) is 0 Å². The van der Waals surface area contributed by atoms with Crippen molar-refractivity contribution in [3.05, 3.63) is 34.5 Å². The molecule has 0 fully saturated rings. The van der Waals surface area contributed by atoms with Crippen molar-refractivity contribution in [2.45, 2.75) is 0 Å². The standard InChI is InChI=1S/C10H5FNO3/c11-7-3-1-2-5-6(7)4-12-9(13)8(5)10(14)15/h1-4H,(H,14,15). The molecule has 4 nitrogen and oxygen atoms in total. The van der Waals surface area contributed by atoms with Crippen LogP contribution in [0.4, 0.5) is 4.39 Å². The van der Waals surface area contributed by atoms with Gasteiger partial charge in [-0.05, 0) is 6.07 Å². The third-order valence-electron chi connectivity index (χ3n) is 2.06. The first kappa shape index (κ1) is 9.39. The Labute approximate surface area is 83.3 Å². The van der Waals surface area contributed by atoms with Crippen molar-refractivity contribution in [2.75, 3.05) is 0 Å². The summed E-state index contributed by atoms with van der Waals surface area (Å²) in [7, 11) is 0. The van der Waals surface area contributed by atoms with Crippen LogP contribution in [0.15, 0.2) is 18.2 Å². The molecule has 0 atom stereocenters. The van der Waals surface area contributed by atoms with Crippen LogP contribution in [0, 0.1) is 5.82 Å². The third kappa shape index (κ3) is 1.38. The number of benzene rings is 1. The van der Waals surface area contributed by atoms with Gasteiger partial charge in [0.1, 0.15) is 11.4 Å². The molecule has 0 saturated carbocycles. The molecule has 5 heteroatoms. The highest BCUT2D eigenvalue weighted by molar-refractivity contribution is 6.38. The van der Waals surface area contributed by atoms with Crippen molar-refractivity contribution >= 4 is 23.6 Å². The smallest absolute Gasteiger partial charge is 0.342 e. The summed E-state index contributed by atoms with van der Waals surface area (Å²) in [6, 6.07) is 3.91. The Bertz CT molecular complexity index is 577. The lowest BCUT2D eigenvalue weighted by Gasteiger charge is -2.05. The summed E-state index contributed by atoms with van der Waals surface area (Å²) in [5, 5.41) is 12.2. The van der Waals surface area contributed by atoms with Crippen molar-refractivity contribution in [3.8, 4) is 0 Å². The number of carboxylic acid groups (broad SMARTS) is 1. The van der Waals surface area contributed by atoms with E-state index in [9.17, 15) is 14.0 Å². The highest BCUT2D eigenvalue weighted by atomic mass is 19.1. The zero-order valence-electron chi connectivity index (χ0n) is 7.40. The van der Waals surface area contributed by atoms with E-state index in [1.165, 1.54) is 18.2 Å². The maximum atomic E-state index is 13.2. The van der Waals surface area contributed by atoms with E-state index in [2.05, 4.69) is 5.32 Å². The monoisotopic (exact) mass is 206 g/mol. The minimum atomic E-state index is -1.40. The fourth-order valence-electron chi connectivity index (χ4n) is 1.40. The molecule has 0 spiro atoms. The van der Waals surface area contributed by atoms with Crippen molar-refractivity contribution in [3.63, 3.8) is 0 Å². The molecule has 1 N–H and O–H groups in total. The Morgan fingerprint density at radius 3 is 2.80 bits per heavy atom. The van der Waals surface area contributed by atoms with Crippen LogP contribution in [-0.4, -0.2) is 17.0 Å². The average Bonchev–Trinajstić information content (AvgIpc) is 2.17. The van der Waals surface area contributed by atoms with Crippen molar-refractivity contribution in [1.82, 2.24) is 5.32 Å². The number of carbonyl (C=O) groups is 2. The first-order chi connectivity index (χ1) is 7.11. The van der Waals surface area contributed by atoms with Crippen LogP contribution in [0.3, 0.4) is 0 Å². The molecular formula is C10H5FNO3. The summed E-state index contributed by atoms with van der Waals surface area (Å²) in [4.78, 5) is 22.0. The normalized spacial score (nSPS) is 13.9. The molecule has 1 amide bonds. The number of carbonyl (C=O) groups excluding carboxylic acids is 1. The van der Waals surface area contributed by atoms with Gasteiger partial charge >= 0.3 is 5.97 Å². The van der Waals surface area contributed by atoms with Crippen molar-refractivity contribution in [1.29, 1.82) is 0 Å². The molecule has 0 saturated heterocycles. The lowest BCUT2D eigenvalue weighted by molar-refractivity contribution is -0.132. The predicted octanol–water partition coefficient (Wildman–Crippen LogP) is -1.06. The number of rotatable bonds is 1. The summed E-state index contributed by atoms with van der Waals surface area (Å²) < 4.78 is 13.2. The summed E-state index contributed by atoms with van der Waals surface area (Å²) in [6.45, 7) is 0. The first-order valence-corrected chi connectivity index (χ1v) is 4.09. The first-order valence-electron chi connectivity index (χ1n) is 4.09. The largest absolute Gasteiger partial charge is 0.477 e. The van der Waals surface area contributed by atoms with E-state index in [1.807, 2.05) is 0 Å². The van der Waals surface area contributed by atoms with Gasteiger partial charge in [0.05, 0.1) is 0 Å². The zero-order chi connectivity index (χ0) is 11.0. The van der Waals surface area contributed by atoms with Gasteiger partial charge in [-0.2, -0.15) is 0 Å². The predicted molar refractivity (Wildman–Crippen MR) is 48.3 cm³/mol. The molecule has 1 radical (unpaired) electrons. The summed E-state index contributed by atoms with van der Waals surface area (Å²) in [6.07, 6.45) is 1.04. The molecule has 0 unspecified atom stereocenters. The van der Waals surface area contributed by atoms with Crippen LogP contribution in [0.5, 0.6) is 0 Å². The van der Waals surface area contributed by atoms with Crippen LogP contribution < -0.4 is 15.8 Å². The van der Waals surface area contributed by atoms with Gasteiger partial charge in [-0.25, -0.2) is 14.5 Å². The number of hydrogen-bond acceptors (Lipinski definition) is 2. The van der Waals surface area contributed by atoms with Crippen molar-refractivity contribution < 1.29 is 19.1 Å². The quantitative estimate of drug-likeness (QED) is 0.637. The summed E-state index contributed by atoms with van der Waals surface area (Å²) in [5.74, 6) is -2.85. The Morgan fingerprint density at radius 1 is 1.40 bits per heavy atom. The number of hydrogen-bond donors (Lipinski definition) is 1. The average molecular weight is 206 g/mol. The van der Waals surface area contributed by atoms with Gasteiger partial charge in [-0.1, -0.05) is 12.1 Å². The fourth-order valence-corrected chi connectivity index (χ4v) is 1.40. The third-order valence-corrected chi connectivity index (χ3v) is 2.06. The molecule has 2 rings (SSSR count). The van der Waals surface area contributed by atoms with E-state index in [0.29, 0.717) is 0 Å². The Balaban J connectivity index is 2.97. The Hall–Kier alpha value is -2.17. The van der Waals surface area contributed by atoms with E-state index in [-0.39, 0.29) is 10.4 Å². The summed E-state index contributed by atoms with van der Waals surface area (Å²) >= 11 is 0. The second kappa shape index (κ2) is 3.20. The molecule has 1 heterocycles. The van der Waals surface area contributed by atoms with Gasteiger partial charge in [0.25, 0.3) is 5.91 Å². The molecule has 0 bridgehead atoms. The van der Waals surface area contributed by atoms with Gasteiger partial charge < -0.3 is 5.11 Å². The lowest BCUT2D eigenvalue weighted by Crippen LogP contribution is -2.41. The number of halogens is 1. The number of amides is 1. The second-order valence-electron chi connectivity index (χ2n) is 2.94. The second-order valence-corrected chi connectivity index (χ2v) is 2.94. The molecule has 0 aromatic heterocycles. The molecule has 1 aliphatic rings. The molecule has 1 aliphatic heterocycles. The van der Waals surface area contributed by atoms with Crippen LogP contribution in [0.2, 0.25) is 0 Å². The van der Waals surface area contributed by atoms with Gasteiger partial charge in [0.2, 0.25) is 0 Å². The summed E-state index contributed by atoms with van der Waals surface area (Å²) in [5.41, 5.74) is -0.494. The van der Waals surface area contributed by atoms with Crippen molar-refractivity contribution in [2.24, 2.45) is 0 Å². The van der Waals surface area contributed by atoms with E-state index in [4.69, 9.17) is 5.11 Å². The molecule has 1 aromatic carbocycles. The van der Waals surface area contributed by atoms with E-state index >= 15 is 0 Å². The zero-order valence-corrected chi connectivity index (χ0v) is 7.40. The van der Waals surface area contributed by atoms with Crippen LogP contribution >= 0.6 is 0 Å². The van der Waals surface area contributed by atoms with Crippen LogP contribution in [-0.2, 0) is 9.59 Å². The number of nitrogens with zero attached hydrogens (tertiary/aromatic N) is 1. The number of aliphatic carboxylic acids is 1. The highest BCUT2D eigenvalue weighted by Crippen LogP contribution is 1.98.